The first kappa shape index (κ1) is 13.2. The fourth-order valence-corrected chi connectivity index (χ4v) is 2.01. The van der Waals surface area contributed by atoms with Crippen molar-refractivity contribution < 1.29 is 13.2 Å². The number of benzene rings is 1. The fraction of sp³-hybridized carbons (Fsp3) is 0.417. The van der Waals surface area contributed by atoms with Crippen LogP contribution >= 0.6 is 11.6 Å². The molecule has 0 aromatic heterocycles. The smallest absolute Gasteiger partial charge is 0.344 e. The average molecular weight is 277 g/mol. The number of hydrogen-bond acceptors (Lipinski definition) is 2. The quantitative estimate of drug-likeness (QED) is 0.810. The average Bonchev–Trinajstić information content (AvgIpc) is 2.31. The summed E-state index contributed by atoms with van der Waals surface area (Å²) in [5, 5.41) is 2.62. The van der Waals surface area contributed by atoms with Gasteiger partial charge in [0.1, 0.15) is 5.84 Å². The summed E-state index contributed by atoms with van der Waals surface area (Å²) < 4.78 is 38.0. The Hall–Kier alpha value is -1.23. The van der Waals surface area contributed by atoms with Crippen LogP contribution in [-0.2, 0) is 6.18 Å². The summed E-state index contributed by atoms with van der Waals surface area (Å²) in [6.45, 7) is 0.724. The molecule has 1 N–H and O–H groups in total. The van der Waals surface area contributed by atoms with E-state index in [1.807, 2.05) is 0 Å². The van der Waals surface area contributed by atoms with Gasteiger partial charge in [-0.2, -0.15) is 13.2 Å². The van der Waals surface area contributed by atoms with E-state index in [0.29, 0.717) is 5.69 Å². The Morgan fingerprint density at radius 1 is 1.22 bits per heavy atom. The van der Waals surface area contributed by atoms with Gasteiger partial charge in [-0.05, 0) is 31.0 Å². The van der Waals surface area contributed by atoms with Gasteiger partial charge < -0.3 is 5.32 Å². The molecular formula is C12H12ClF3N2. The van der Waals surface area contributed by atoms with E-state index in [0.717, 1.165) is 37.7 Å². The second kappa shape index (κ2) is 5.18. The van der Waals surface area contributed by atoms with Crippen LogP contribution in [0, 0.1) is 0 Å². The Labute approximate surface area is 108 Å². The van der Waals surface area contributed by atoms with E-state index in [1.165, 1.54) is 12.1 Å². The minimum absolute atomic E-state index is 0.293. The topological polar surface area (TPSA) is 24.4 Å². The molecule has 1 aromatic carbocycles. The zero-order valence-electron chi connectivity index (χ0n) is 9.52. The van der Waals surface area contributed by atoms with Crippen molar-refractivity contribution in [2.24, 2.45) is 4.99 Å². The van der Waals surface area contributed by atoms with Crippen molar-refractivity contribution in [3.8, 4) is 0 Å². The predicted octanol–water partition coefficient (Wildman–Crippen LogP) is 4.35. The number of hydrogen-bond donors (Lipinski definition) is 1. The number of rotatable bonds is 1. The molecule has 0 saturated heterocycles. The normalized spacial score (nSPS) is 16.3. The highest BCUT2D eigenvalue weighted by atomic mass is 35.5. The van der Waals surface area contributed by atoms with Gasteiger partial charge in [0.05, 0.1) is 10.6 Å². The van der Waals surface area contributed by atoms with E-state index in [-0.39, 0.29) is 5.02 Å². The van der Waals surface area contributed by atoms with Crippen molar-refractivity contribution in [1.82, 2.24) is 0 Å². The number of amidine groups is 1. The number of nitrogens with one attached hydrogen (secondary N) is 1. The monoisotopic (exact) mass is 276 g/mol. The molecule has 0 amide bonds. The van der Waals surface area contributed by atoms with Crippen molar-refractivity contribution in [2.45, 2.75) is 25.4 Å². The maximum atomic E-state index is 12.7. The highest BCUT2D eigenvalue weighted by Gasteiger charge is 2.33. The first-order valence-electron chi connectivity index (χ1n) is 5.64. The van der Waals surface area contributed by atoms with Crippen LogP contribution in [0.5, 0.6) is 0 Å². The van der Waals surface area contributed by atoms with Crippen LogP contribution in [0.15, 0.2) is 23.2 Å². The molecular weight excluding hydrogens is 265 g/mol. The highest BCUT2D eigenvalue weighted by Crippen LogP contribution is 2.36. The molecule has 0 bridgehead atoms. The van der Waals surface area contributed by atoms with Crippen LogP contribution in [0.3, 0.4) is 0 Å². The minimum Gasteiger partial charge on any atom is -0.344 e. The molecule has 0 aliphatic carbocycles. The van der Waals surface area contributed by atoms with Crippen molar-refractivity contribution in [3.63, 3.8) is 0 Å². The molecule has 0 unspecified atom stereocenters. The summed E-state index contributed by atoms with van der Waals surface area (Å²) in [4.78, 5) is 4.23. The third kappa shape index (κ3) is 3.16. The number of halogens is 4. The molecule has 6 heteroatoms. The molecule has 0 radical (unpaired) electrons. The molecule has 1 aliphatic heterocycles. The van der Waals surface area contributed by atoms with Crippen molar-refractivity contribution >= 4 is 23.1 Å². The Kier molecular flexibility index (Phi) is 3.80. The van der Waals surface area contributed by atoms with Gasteiger partial charge in [-0.25, -0.2) is 0 Å². The Morgan fingerprint density at radius 3 is 2.61 bits per heavy atom. The predicted molar refractivity (Wildman–Crippen MR) is 66.2 cm³/mol. The zero-order chi connectivity index (χ0) is 13.2. The Bertz CT molecular complexity index is 469. The fourth-order valence-electron chi connectivity index (χ4n) is 1.79. The lowest BCUT2D eigenvalue weighted by Gasteiger charge is -2.16. The van der Waals surface area contributed by atoms with E-state index in [2.05, 4.69) is 10.3 Å². The molecule has 18 heavy (non-hydrogen) atoms. The summed E-state index contributed by atoms with van der Waals surface area (Å²) in [5.41, 5.74) is -0.460. The van der Waals surface area contributed by atoms with E-state index >= 15 is 0 Å². The molecule has 0 atom stereocenters. The number of alkyl halides is 3. The molecule has 1 heterocycles. The standard InChI is InChI=1S/C12H12ClF3N2/c13-10-5-4-8(7-9(10)12(14,15)16)18-11-3-1-2-6-17-11/h4-5,7H,1-3,6H2,(H,17,18). The van der Waals surface area contributed by atoms with Crippen LogP contribution in [0.1, 0.15) is 24.8 Å². The minimum atomic E-state index is -4.44. The first-order chi connectivity index (χ1) is 8.47. The molecule has 1 aromatic rings. The van der Waals surface area contributed by atoms with Gasteiger partial charge >= 0.3 is 6.18 Å². The van der Waals surface area contributed by atoms with Crippen molar-refractivity contribution in [1.29, 1.82) is 0 Å². The maximum Gasteiger partial charge on any atom is 0.417 e. The first-order valence-corrected chi connectivity index (χ1v) is 6.02. The summed E-state index contributed by atoms with van der Waals surface area (Å²) >= 11 is 5.55. The third-order valence-corrected chi connectivity index (χ3v) is 3.01. The molecule has 98 valence electrons. The van der Waals surface area contributed by atoms with E-state index in [4.69, 9.17) is 11.6 Å². The van der Waals surface area contributed by atoms with Gasteiger partial charge in [-0.1, -0.05) is 11.6 Å². The molecule has 2 nitrogen and oxygen atoms in total. The largest absolute Gasteiger partial charge is 0.417 e. The molecule has 0 spiro atoms. The lowest BCUT2D eigenvalue weighted by Crippen LogP contribution is -2.16. The Morgan fingerprint density at radius 2 is 2.00 bits per heavy atom. The molecule has 0 fully saturated rings. The third-order valence-electron chi connectivity index (χ3n) is 2.68. The van der Waals surface area contributed by atoms with Gasteiger partial charge in [-0.15, -0.1) is 0 Å². The molecule has 2 rings (SSSR count). The highest BCUT2D eigenvalue weighted by molar-refractivity contribution is 6.31. The van der Waals surface area contributed by atoms with Gasteiger partial charge in [0.25, 0.3) is 0 Å². The molecule has 0 saturated carbocycles. The zero-order valence-corrected chi connectivity index (χ0v) is 10.3. The van der Waals surface area contributed by atoms with Crippen molar-refractivity contribution in [3.05, 3.63) is 28.8 Å². The summed E-state index contributed by atoms with van der Waals surface area (Å²) in [6.07, 6.45) is -1.64. The summed E-state index contributed by atoms with van der Waals surface area (Å²) in [5.74, 6) is 0.733. The molecule has 1 aliphatic rings. The maximum absolute atomic E-state index is 12.7. The van der Waals surface area contributed by atoms with Crippen molar-refractivity contribution in [2.75, 3.05) is 11.9 Å². The van der Waals surface area contributed by atoms with Crippen LogP contribution < -0.4 is 5.32 Å². The van der Waals surface area contributed by atoms with E-state index in [9.17, 15) is 13.2 Å². The SMILES string of the molecule is FC(F)(F)c1cc(NC2=NCCCC2)ccc1Cl. The number of nitrogens with zero attached hydrogens (tertiary/aromatic N) is 1. The second-order valence-corrected chi connectivity index (χ2v) is 4.51. The van der Waals surface area contributed by atoms with Crippen LogP contribution in [0.4, 0.5) is 18.9 Å². The van der Waals surface area contributed by atoms with Gasteiger partial charge in [0.15, 0.2) is 0 Å². The van der Waals surface area contributed by atoms with Crippen LogP contribution in [0.2, 0.25) is 5.02 Å². The van der Waals surface area contributed by atoms with Gasteiger partial charge in [-0.3, -0.25) is 4.99 Å². The number of aliphatic imine (C=N–C) groups is 1. The van der Waals surface area contributed by atoms with E-state index < -0.39 is 11.7 Å². The van der Waals surface area contributed by atoms with Crippen LogP contribution in [0.25, 0.3) is 0 Å². The lowest BCUT2D eigenvalue weighted by atomic mass is 10.1. The second-order valence-electron chi connectivity index (χ2n) is 4.10. The summed E-state index contributed by atoms with van der Waals surface area (Å²) in [6, 6.07) is 3.78. The van der Waals surface area contributed by atoms with E-state index in [1.54, 1.807) is 0 Å². The lowest BCUT2D eigenvalue weighted by molar-refractivity contribution is -0.137. The summed E-state index contributed by atoms with van der Waals surface area (Å²) in [7, 11) is 0. The Balaban J connectivity index is 2.22. The van der Waals surface area contributed by atoms with Gasteiger partial charge in [0.2, 0.25) is 0 Å². The number of anilines is 1. The van der Waals surface area contributed by atoms with Gasteiger partial charge in [0, 0.05) is 18.7 Å². The van der Waals surface area contributed by atoms with Crippen LogP contribution in [-0.4, -0.2) is 12.4 Å².